The third kappa shape index (κ3) is 3.29. The molecule has 0 spiro atoms. The molecule has 0 unspecified atom stereocenters. The van der Waals surface area contributed by atoms with Crippen LogP contribution < -0.4 is 11.1 Å². The van der Waals surface area contributed by atoms with Gasteiger partial charge in [0.15, 0.2) is 5.16 Å². The molecule has 0 saturated carbocycles. The lowest BCUT2D eigenvalue weighted by Gasteiger charge is -2.11. The first-order chi connectivity index (χ1) is 16.6. The molecule has 0 aliphatic carbocycles. The van der Waals surface area contributed by atoms with Gasteiger partial charge < -0.3 is 0 Å². The lowest BCUT2D eigenvalue weighted by Crippen LogP contribution is -2.21. The number of fused-ring (bicyclic) bond motifs is 4. The first-order valence-electron chi connectivity index (χ1n) is 10.7. The monoisotopic (exact) mass is 466 g/mol. The molecule has 4 aromatic heterocycles. The highest BCUT2D eigenvalue weighted by Crippen LogP contribution is 2.25. The van der Waals surface area contributed by atoms with Gasteiger partial charge in [-0.25, -0.2) is 9.55 Å². The van der Waals surface area contributed by atoms with Crippen LogP contribution in [0.3, 0.4) is 0 Å². The van der Waals surface area contributed by atoms with Gasteiger partial charge in [0.05, 0.1) is 22.3 Å². The zero-order chi connectivity index (χ0) is 23.2. The molecule has 0 saturated heterocycles. The van der Waals surface area contributed by atoms with Crippen LogP contribution >= 0.6 is 11.8 Å². The maximum atomic E-state index is 13.4. The van der Waals surface area contributed by atoms with Crippen molar-refractivity contribution in [3.05, 3.63) is 111 Å². The van der Waals surface area contributed by atoms with Crippen LogP contribution in [-0.4, -0.2) is 28.5 Å². The van der Waals surface area contributed by atoms with Gasteiger partial charge in [0.1, 0.15) is 5.65 Å². The molecular formula is C25H18N6O2S. The minimum absolute atomic E-state index is 0.133. The Labute approximate surface area is 197 Å². The Balaban J connectivity index is 1.50. The van der Waals surface area contributed by atoms with Gasteiger partial charge in [0.25, 0.3) is 11.1 Å². The maximum Gasteiger partial charge on any atom is 0.267 e. The molecule has 0 amide bonds. The molecule has 2 aromatic carbocycles. The van der Waals surface area contributed by atoms with Crippen LogP contribution in [0.1, 0.15) is 11.3 Å². The van der Waals surface area contributed by atoms with E-state index in [9.17, 15) is 9.59 Å². The predicted octanol–water partition coefficient (Wildman–Crippen LogP) is 3.64. The third-order valence-electron chi connectivity index (χ3n) is 5.66. The Morgan fingerprint density at radius 3 is 2.56 bits per heavy atom. The molecule has 34 heavy (non-hydrogen) atoms. The second kappa shape index (κ2) is 7.96. The van der Waals surface area contributed by atoms with Crippen molar-refractivity contribution in [3.63, 3.8) is 0 Å². The first kappa shape index (κ1) is 20.4. The highest BCUT2D eigenvalue weighted by molar-refractivity contribution is 7.98. The van der Waals surface area contributed by atoms with Crippen molar-refractivity contribution in [1.82, 2.24) is 28.5 Å². The minimum atomic E-state index is -0.153. The van der Waals surface area contributed by atoms with Crippen LogP contribution in [0.2, 0.25) is 0 Å². The lowest BCUT2D eigenvalue weighted by molar-refractivity contribution is 0.928. The summed E-state index contributed by atoms with van der Waals surface area (Å²) >= 11 is 1.42. The zero-order valence-electron chi connectivity index (χ0n) is 18.1. The van der Waals surface area contributed by atoms with E-state index in [0.717, 1.165) is 16.8 Å². The molecule has 6 rings (SSSR count). The SMILES string of the molecule is Cc1ccc(-n2c(=O)c3ccccc3n3c(SCc4cc(=O)n5ccccc5n4)nnc23)cc1. The summed E-state index contributed by atoms with van der Waals surface area (Å²) in [5.41, 5.74) is 3.50. The van der Waals surface area contributed by atoms with Gasteiger partial charge in [-0.3, -0.25) is 18.4 Å². The van der Waals surface area contributed by atoms with Gasteiger partial charge >= 0.3 is 0 Å². The summed E-state index contributed by atoms with van der Waals surface area (Å²) in [6, 6.07) is 22.1. The highest BCUT2D eigenvalue weighted by Gasteiger charge is 2.18. The molecule has 0 aliphatic rings. The van der Waals surface area contributed by atoms with Crippen LogP contribution in [-0.2, 0) is 5.75 Å². The van der Waals surface area contributed by atoms with Crippen molar-refractivity contribution in [3.8, 4) is 5.69 Å². The lowest BCUT2D eigenvalue weighted by atomic mass is 10.2. The van der Waals surface area contributed by atoms with Gasteiger partial charge in [-0.1, -0.05) is 47.7 Å². The standard InChI is InChI=1S/C25H18N6O2S/c1-16-9-11-18(12-10-16)30-23(33)19-6-2-3-7-20(19)31-24(30)27-28-25(31)34-15-17-14-22(32)29-13-5-4-8-21(29)26-17/h2-14H,15H2,1H3. The molecule has 6 aromatic rings. The third-order valence-corrected chi connectivity index (χ3v) is 6.62. The molecule has 0 atom stereocenters. The van der Waals surface area contributed by atoms with Crippen molar-refractivity contribution in [2.24, 2.45) is 0 Å². The molecule has 0 aliphatic heterocycles. The topological polar surface area (TPSA) is 86.6 Å². The van der Waals surface area contributed by atoms with Crippen molar-refractivity contribution in [2.45, 2.75) is 17.8 Å². The van der Waals surface area contributed by atoms with Crippen molar-refractivity contribution < 1.29 is 0 Å². The Bertz CT molecular complexity index is 1820. The number of hydrogen-bond acceptors (Lipinski definition) is 6. The molecule has 166 valence electrons. The summed E-state index contributed by atoms with van der Waals surface area (Å²) in [7, 11) is 0. The van der Waals surface area contributed by atoms with E-state index in [0.29, 0.717) is 33.4 Å². The number of benzene rings is 2. The highest BCUT2D eigenvalue weighted by atomic mass is 32.2. The van der Waals surface area contributed by atoms with E-state index in [4.69, 9.17) is 0 Å². The van der Waals surface area contributed by atoms with Crippen molar-refractivity contribution in [2.75, 3.05) is 0 Å². The Hall–Kier alpha value is -4.24. The number of para-hydroxylation sites is 1. The van der Waals surface area contributed by atoms with Crippen LogP contribution in [0.25, 0.3) is 28.0 Å². The van der Waals surface area contributed by atoms with Crippen molar-refractivity contribution >= 4 is 34.1 Å². The molecule has 0 fully saturated rings. The summed E-state index contributed by atoms with van der Waals surface area (Å²) in [5, 5.41) is 9.95. The normalized spacial score (nSPS) is 11.6. The first-order valence-corrected chi connectivity index (χ1v) is 11.6. The molecule has 0 bridgehead atoms. The predicted molar refractivity (Wildman–Crippen MR) is 132 cm³/mol. The van der Waals surface area contributed by atoms with E-state index in [1.807, 2.05) is 65.9 Å². The fourth-order valence-corrected chi connectivity index (χ4v) is 4.85. The molecule has 0 radical (unpaired) electrons. The van der Waals surface area contributed by atoms with Gasteiger partial charge in [0.2, 0.25) is 5.78 Å². The number of aromatic nitrogens is 6. The number of aryl methyl sites for hydroxylation is 1. The molecular weight excluding hydrogens is 448 g/mol. The molecule has 0 N–H and O–H groups in total. The molecule has 4 heterocycles. The zero-order valence-corrected chi connectivity index (χ0v) is 18.9. The number of nitrogens with zero attached hydrogens (tertiary/aromatic N) is 6. The van der Waals surface area contributed by atoms with E-state index in [2.05, 4.69) is 15.2 Å². The van der Waals surface area contributed by atoms with Crippen LogP contribution in [0.5, 0.6) is 0 Å². The Morgan fingerprint density at radius 1 is 0.912 bits per heavy atom. The summed E-state index contributed by atoms with van der Waals surface area (Å²) in [6.07, 6.45) is 1.70. The van der Waals surface area contributed by atoms with E-state index < -0.39 is 0 Å². The van der Waals surface area contributed by atoms with Crippen LogP contribution in [0.15, 0.2) is 93.7 Å². The average Bonchev–Trinajstić information content (AvgIpc) is 3.28. The van der Waals surface area contributed by atoms with Gasteiger partial charge in [-0.05, 0) is 43.3 Å². The van der Waals surface area contributed by atoms with E-state index in [1.54, 1.807) is 22.9 Å². The quantitative estimate of drug-likeness (QED) is 0.369. The summed E-state index contributed by atoms with van der Waals surface area (Å²) in [6.45, 7) is 2.00. The van der Waals surface area contributed by atoms with E-state index in [-0.39, 0.29) is 11.1 Å². The number of thioether (sulfide) groups is 1. The number of pyridine rings is 1. The second-order valence-corrected chi connectivity index (χ2v) is 8.86. The second-order valence-electron chi connectivity index (χ2n) is 7.91. The van der Waals surface area contributed by atoms with Gasteiger partial charge in [-0.15, -0.1) is 10.2 Å². The smallest absolute Gasteiger partial charge is 0.267 e. The summed E-state index contributed by atoms with van der Waals surface area (Å²) in [5.74, 6) is 0.862. The largest absolute Gasteiger partial charge is 0.269 e. The Kier molecular flexibility index (Phi) is 4.77. The van der Waals surface area contributed by atoms with Crippen LogP contribution in [0, 0.1) is 6.92 Å². The molecule has 9 heteroatoms. The molecule has 8 nitrogen and oxygen atoms in total. The Morgan fingerprint density at radius 2 is 1.71 bits per heavy atom. The van der Waals surface area contributed by atoms with E-state index in [1.165, 1.54) is 22.2 Å². The van der Waals surface area contributed by atoms with Gasteiger partial charge in [-0.2, -0.15) is 0 Å². The summed E-state index contributed by atoms with van der Waals surface area (Å²) < 4.78 is 4.98. The number of hydrogen-bond donors (Lipinski definition) is 0. The summed E-state index contributed by atoms with van der Waals surface area (Å²) in [4.78, 5) is 30.5. The van der Waals surface area contributed by atoms with Crippen molar-refractivity contribution in [1.29, 1.82) is 0 Å². The maximum absolute atomic E-state index is 13.4. The van der Waals surface area contributed by atoms with E-state index >= 15 is 0 Å². The van der Waals surface area contributed by atoms with Crippen LogP contribution in [0.4, 0.5) is 0 Å². The fourth-order valence-electron chi connectivity index (χ4n) is 4.01. The number of rotatable bonds is 4. The fraction of sp³-hybridized carbons (Fsp3) is 0.0800. The average molecular weight is 467 g/mol. The van der Waals surface area contributed by atoms with Gasteiger partial charge in [0, 0.05) is 18.0 Å². The minimum Gasteiger partial charge on any atom is -0.269 e.